The number of rotatable bonds is 5. The molecule has 4 rings (SSSR count). The van der Waals surface area contributed by atoms with Crippen molar-refractivity contribution in [2.45, 2.75) is 6.61 Å². The van der Waals surface area contributed by atoms with Crippen molar-refractivity contribution in [3.63, 3.8) is 0 Å². The molecule has 1 N–H and O–H groups in total. The third kappa shape index (κ3) is 4.90. The van der Waals surface area contributed by atoms with Crippen LogP contribution in [-0.2, 0) is 16.2 Å². The molecule has 0 saturated carbocycles. The maximum atomic E-state index is 14.3. The van der Waals surface area contributed by atoms with Gasteiger partial charge >= 0.3 is 0 Å². The highest BCUT2D eigenvalue weighted by atomic mass is 35.5. The number of benzene rings is 3. The van der Waals surface area contributed by atoms with E-state index in [1.54, 1.807) is 48.5 Å². The molecule has 166 valence electrons. The molecule has 3 aromatic rings. The summed E-state index contributed by atoms with van der Waals surface area (Å²) in [7, 11) is 0. The number of hydrogen-bond donors (Lipinski definition) is 1. The molecule has 1 aliphatic rings. The minimum absolute atomic E-state index is 0.0553. The topological polar surface area (TPSA) is 58.6 Å². The van der Waals surface area contributed by atoms with E-state index in [1.165, 1.54) is 24.3 Å². The van der Waals surface area contributed by atoms with Crippen molar-refractivity contribution in [1.29, 1.82) is 0 Å². The van der Waals surface area contributed by atoms with Gasteiger partial charge in [0.15, 0.2) is 5.11 Å². The highest BCUT2D eigenvalue weighted by Crippen LogP contribution is 2.28. The zero-order valence-electron chi connectivity index (χ0n) is 16.8. The number of thiocarbonyl (C=S) groups is 1. The van der Waals surface area contributed by atoms with E-state index in [1.807, 2.05) is 0 Å². The van der Waals surface area contributed by atoms with Gasteiger partial charge in [-0.15, -0.1) is 0 Å². The summed E-state index contributed by atoms with van der Waals surface area (Å²) in [5.41, 5.74) is 0.918. The molecule has 5 nitrogen and oxygen atoms in total. The number of nitrogens with zero attached hydrogens (tertiary/aromatic N) is 1. The van der Waals surface area contributed by atoms with Crippen LogP contribution in [0.5, 0.6) is 5.75 Å². The molecule has 0 radical (unpaired) electrons. The molecule has 1 fully saturated rings. The third-order valence-corrected chi connectivity index (χ3v) is 5.68. The van der Waals surface area contributed by atoms with Crippen molar-refractivity contribution in [1.82, 2.24) is 5.32 Å². The maximum Gasteiger partial charge on any atom is 0.270 e. The van der Waals surface area contributed by atoms with Gasteiger partial charge < -0.3 is 4.74 Å². The van der Waals surface area contributed by atoms with Crippen molar-refractivity contribution in [2.75, 3.05) is 4.90 Å². The normalized spacial score (nSPS) is 15.1. The standard InChI is InChI=1S/C24H15Cl2FN2O3S/c25-16-10-9-15(18(26)12-16)13-32-21-8-4-1-5-14(21)11-17-22(30)28-24(33)29(23(17)31)20-7-3-2-6-19(20)27/h1-12H,13H2,(H,28,30,33)/b17-11+. The van der Waals surface area contributed by atoms with Crippen LogP contribution in [0, 0.1) is 5.82 Å². The van der Waals surface area contributed by atoms with Crippen molar-refractivity contribution >= 4 is 64.1 Å². The Morgan fingerprint density at radius 3 is 2.52 bits per heavy atom. The number of carbonyl (C=O) groups excluding carboxylic acids is 2. The van der Waals surface area contributed by atoms with Crippen LogP contribution in [0.1, 0.15) is 11.1 Å². The average Bonchev–Trinajstić information content (AvgIpc) is 2.78. The molecule has 33 heavy (non-hydrogen) atoms. The maximum absolute atomic E-state index is 14.3. The summed E-state index contributed by atoms with van der Waals surface area (Å²) >= 11 is 17.3. The first-order valence-corrected chi connectivity index (χ1v) is 10.8. The first-order chi connectivity index (χ1) is 15.8. The molecule has 0 bridgehead atoms. The Balaban J connectivity index is 1.65. The Hall–Kier alpha value is -3.26. The zero-order valence-corrected chi connectivity index (χ0v) is 19.2. The molecule has 2 amide bonds. The molecular formula is C24H15Cl2FN2O3S. The Kier molecular flexibility index (Phi) is 6.74. The van der Waals surface area contributed by atoms with Crippen LogP contribution >= 0.6 is 35.4 Å². The van der Waals surface area contributed by atoms with Gasteiger partial charge in [-0.2, -0.15) is 0 Å². The molecule has 0 unspecified atom stereocenters. The minimum atomic E-state index is -0.746. The zero-order chi connectivity index (χ0) is 23.5. The van der Waals surface area contributed by atoms with E-state index in [0.717, 1.165) is 4.90 Å². The lowest BCUT2D eigenvalue weighted by atomic mass is 10.1. The fraction of sp³-hybridized carbons (Fsp3) is 0.0417. The highest BCUT2D eigenvalue weighted by Gasteiger charge is 2.35. The van der Waals surface area contributed by atoms with Gasteiger partial charge in [0.2, 0.25) is 0 Å². The molecule has 9 heteroatoms. The quantitative estimate of drug-likeness (QED) is 0.283. The van der Waals surface area contributed by atoms with Crippen LogP contribution in [0.4, 0.5) is 10.1 Å². The molecule has 1 saturated heterocycles. The number of nitrogens with one attached hydrogen (secondary N) is 1. The molecule has 0 atom stereocenters. The molecular weight excluding hydrogens is 486 g/mol. The second kappa shape index (κ2) is 9.70. The van der Waals surface area contributed by atoms with Crippen molar-refractivity contribution in [3.8, 4) is 5.75 Å². The lowest BCUT2D eigenvalue weighted by Gasteiger charge is -2.29. The van der Waals surface area contributed by atoms with Gasteiger partial charge in [0.1, 0.15) is 23.7 Å². The summed E-state index contributed by atoms with van der Waals surface area (Å²) in [6.07, 6.45) is 1.38. The Morgan fingerprint density at radius 2 is 1.76 bits per heavy atom. The van der Waals surface area contributed by atoms with Gasteiger partial charge in [-0.25, -0.2) is 9.29 Å². The summed E-state index contributed by atoms with van der Waals surface area (Å²) in [4.78, 5) is 26.7. The highest BCUT2D eigenvalue weighted by molar-refractivity contribution is 7.80. The minimum Gasteiger partial charge on any atom is -0.488 e. The van der Waals surface area contributed by atoms with Crippen LogP contribution in [-0.4, -0.2) is 16.9 Å². The Labute approximate surface area is 204 Å². The number of ether oxygens (including phenoxy) is 1. The Morgan fingerprint density at radius 1 is 1.03 bits per heavy atom. The van der Waals surface area contributed by atoms with Crippen molar-refractivity contribution in [3.05, 3.63) is 99.3 Å². The van der Waals surface area contributed by atoms with E-state index >= 15 is 0 Å². The smallest absolute Gasteiger partial charge is 0.270 e. The van der Waals surface area contributed by atoms with E-state index in [4.69, 9.17) is 40.2 Å². The lowest BCUT2D eigenvalue weighted by Crippen LogP contribution is -2.54. The number of halogens is 3. The monoisotopic (exact) mass is 500 g/mol. The number of para-hydroxylation sites is 2. The van der Waals surface area contributed by atoms with Gasteiger partial charge in [0, 0.05) is 21.2 Å². The summed E-state index contributed by atoms with van der Waals surface area (Å²) in [6, 6.07) is 17.6. The van der Waals surface area contributed by atoms with Gasteiger partial charge in [0.25, 0.3) is 11.8 Å². The van der Waals surface area contributed by atoms with E-state index in [2.05, 4.69) is 5.32 Å². The summed E-state index contributed by atoms with van der Waals surface area (Å²) in [6.45, 7) is 0.141. The van der Waals surface area contributed by atoms with Crippen LogP contribution in [0.3, 0.4) is 0 Å². The third-order valence-electron chi connectivity index (χ3n) is 4.81. The predicted octanol–water partition coefficient (Wildman–Crippen LogP) is 5.54. The second-order valence-electron chi connectivity index (χ2n) is 6.97. The summed E-state index contributed by atoms with van der Waals surface area (Å²) < 4.78 is 20.2. The van der Waals surface area contributed by atoms with Crippen LogP contribution in [0.25, 0.3) is 6.08 Å². The van der Waals surface area contributed by atoms with Gasteiger partial charge in [0.05, 0.1) is 5.69 Å². The average molecular weight is 501 g/mol. The lowest BCUT2D eigenvalue weighted by molar-refractivity contribution is -0.122. The van der Waals surface area contributed by atoms with Gasteiger partial charge in [-0.05, 0) is 48.6 Å². The van der Waals surface area contributed by atoms with E-state index in [-0.39, 0.29) is 23.0 Å². The van der Waals surface area contributed by atoms with E-state index in [9.17, 15) is 14.0 Å². The van der Waals surface area contributed by atoms with Gasteiger partial charge in [-0.3, -0.25) is 14.9 Å². The first kappa shape index (κ1) is 22.9. The van der Waals surface area contributed by atoms with Crippen LogP contribution in [0.2, 0.25) is 10.0 Å². The Bertz CT molecular complexity index is 1310. The fourth-order valence-electron chi connectivity index (χ4n) is 3.19. The molecule has 3 aromatic carbocycles. The molecule has 1 heterocycles. The van der Waals surface area contributed by atoms with Gasteiger partial charge in [-0.1, -0.05) is 59.6 Å². The van der Waals surface area contributed by atoms with Crippen molar-refractivity contribution < 1.29 is 18.7 Å². The molecule has 1 aliphatic heterocycles. The SMILES string of the molecule is O=C1NC(=S)N(c2ccccc2F)C(=O)/C1=C/c1ccccc1OCc1ccc(Cl)cc1Cl. The number of carbonyl (C=O) groups is 2. The van der Waals surface area contributed by atoms with Crippen molar-refractivity contribution in [2.24, 2.45) is 0 Å². The number of amides is 2. The summed E-state index contributed by atoms with van der Waals surface area (Å²) in [5, 5.41) is 3.20. The van der Waals surface area contributed by atoms with E-state index < -0.39 is 17.6 Å². The molecule has 0 aliphatic carbocycles. The first-order valence-electron chi connectivity index (χ1n) is 9.67. The van der Waals surface area contributed by atoms with Crippen LogP contribution in [0.15, 0.2) is 72.3 Å². The predicted molar refractivity (Wildman–Crippen MR) is 130 cm³/mol. The molecule has 0 aromatic heterocycles. The fourth-order valence-corrected chi connectivity index (χ4v) is 3.93. The number of hydrogen-bond acceptors (Lipinski definition) is 4. The number of anilines is 1. The second-order valence-corrected chi connectivity index (χ2v) is 8.20. The summed E-state index contributed by atoms with van der Waals surface area (Å²) in [5.74, 6) is -1.66. The largest absolute Gasteiger partial charge is 0.488 e. The van der Waals surface area contributed by atoms with Crippen LogP contribution < -0.4 is 15.0 Å². The van der Waals surface area contributed by atoms with E-state index in [0.29, 0.717) is 26.9 Å². The molecule has 0 spiro atoms.